The highest BCUT2D eigenvalue weighted by Gasteiger charge is 2.96. The maximum Gasteiger partial charge on any atom is 0.315 e. The van der Waals surface area contributed by atoms with Gasteiger partial charge < -0.3 is 26.6 Å². The number of primary amides is 1. The summed E-state index contributed by atoms with van der Waals surface area (Å²) >= 11 is 0. The second kappa shape index (κ2) is 9.43. The van der Waals surface area contributed by atoms with E-state index in [2.05, 4.69) is 22.9 Å². The molecule has 5 rings (SSSR count). The van der Waals surface area contributed by atoms with E-state index in [-0.39, 0.29) is 34.0 Å². The Balaban J connectivity index is 1.44. The number of hydrogen-bond donors (Lipinski definition) is 4. The Morgan fingerprint density at radius 1 is 0.976 bits per heavy atom. The molecule has 5 amide bonds. The number of ketones is 1. The van der Waals surface area contributed by atoms with Crippen LogP contribution in [0.4, 0.5) is 4.79 Å². The lowest BCUT2D eigenvalue weighted by Gasteiger charge is -2.39. The van der Waals surface area contributed by atoms with Crippen molar-refractivity contribution in [3.05, 3.63) is 0 Å². The van der Waals surface area contributed by atoms with Gasteiger partial charge in [-0.25, -0.2) is 4.79 Å². The molecule has 1 saturated heterocycles. The largest absolute Gasteiger partial charge is 0.363 e. The van der Waals surface area contributed by atoms with Gasteiger partial charge in [0.1, 0.15) is 12.1 Å². The summed E-state index contributed by atoms with van der Waals surface area (Å²) in [5.74, 6) is -2.28. The molecule has 5 fully saturated rings. The summed E-state index contributed by atoms with van der Waals surface area (Å²) < 4.78 is 0. The first-order valence-electron chi connectivity index (χ1n) is 15.4. The zero-order valence-corrected chi connectivity index (χ0v) is 25.8. The number of rotatable bonds is 8. The van der Waals surface area contributed by atoms with Gasteiger partial charge in [-0.15, -0.1) is 0 Å². The third-order valence-corrected chi connectivity index (χ3v) is 11.5. The molecule has 4 aliphatic carbocycles. The summed E-state index contributed by atoms with van der Waals surface area (Å²) in [7, 11) is 0. The van der Waals surface area contributed by atoms with Gasteiger partial charge in [-0.3, -0.25) is 19.2 Å². The Labute approximate surface area is 243 Å². The second-order valence-corrected chi connectivity index (χ2v) is 15.9. The van der Waals surface area contributed by atoms with Gasteiger partial charge in [0, 0.05) is 17.5 Å². The van der Waals surface area contributed by atoms with E-state index in [9.17, 15) is 24.0 Å². The van der Waals surface area contributed by atoms with E-state index in [1.54, 1.807) is 4.90 Å². The monoisotopic (exact) mass is 571 g/mol. The molecule has 4 saturated carbocycles. The van der Waals surface area contributed by atoms with E-state index in [0.717, 1.165) is 44.9 Å². The number of carbonyl (C=O) groups excluding carboxylic acids is 5. The summed E-state index contributed by atoms with van der Waals surface area (Å²) in [6.45, 7) is 14.1. The Morgan fingerprint density at radius 2 is 1.61 bits per heavy atom. The Hall–Kier alpha value is -2.65. The van der Waals surface area contributed by atoms with Gasteiger partial charge in [0.05, 0.1) is 6.04 Å². The van der Waals surface area contributed by atoms with Crippen LogP contribution in [0.25, 0.3) is 0 Å². The number of carbonyl (C=O) groups is 5. The van der Waals surface area contributed by atoms with E-state index < -0.39 is 52.7 Å². The zero-order valence-electron chi connectivity index (χ0n) is 25.8. The maximum atomic E-state index is 14.4. The SMILES string of the molecule is CC(C)(C)NC(=O)N[C@H](C(=O)N1C[C@]23[C@H](CC2(C)C32CCC2)[C@H]1C(=O)NC(CC1CCC1)C(=O)C(N)=O)C(C)(C)C. The fourth-order valence-corrected chi connectivity index (χ4v) is 9.22. The number of nitrogens with two attached hydrogens (primary N) is 1. The van der Waals surface area contributed by atoms with Crippen LogP contribution < -0.4 is 21.7 Å². The highest BCUT2D eigenvalue weighted by molar-refractivity contribution is 6.37. The highest BCUT2D eigenvalue weighted by Crippen LogP contribution is 2.98. The van der Waals surface area contributed by atoms with Crippen molar-refractivity contribution in [2.75, 3.05) is 6.54 Å². The fraction of sp³-hybridized carbons (Fsp3) is 0.839. The lowest BCUT2D eigenvalue weighted by Crippen LogP contribution is -2.61. The lowest BCUT2D eigenvalue weighted by molar-refractivity contribution is -0.144. The third kappa shape index (κ3) is 4.37. The molecule has 0 aromatic rings. The van der Waals surface area contributed by atoms with Gasteiger partial charge in [-0.1, -0.05) is 53.4 Å². The van der Waals surface area contributed by atoms with E-state index >= 15 is 0 Å². The van der Waals surface area contributed by atoms with Crippen molar-refractivity contribution in [1.29, 1.82) is 0 Å². The average molecular weight is 572 g/mol. The van der Waals surface area contributed by atoms with Gasteiger partial charge in [0.2, 0.25) is 17.6 Å². The molecule has 10 heteroatoms. The number of urea groups is 1. The van der Waals surface area contributed by atoms with Crippen LogP contribution in [-0.2, 0) is 19.2 Å². The molecule has 2 unspecified atom stereocenters. The number of nitrogens with zero attached hydrogens (tertiary/aromatic N) is 1. The number of likely N-dealkylation sites (tertiary alicyclic amines) is 1. The Morgan fingerprint density at radius 3 is 2.05 bits per heavy atom. The first-order chi connectivity index (χ1) is 18.9. The summed E-state index contributed by atoms with van der Waals surface area (Å²) in [4.78, 5) is 67.8. The van der Waals surface area contributed by atoms with Crippen LogP contribution in [0, 0.1) is 33.5 Å². The number of hydrogen-bond acceptors (Lipinski definition) is 5. The van der Waals surface area contributed by atoms with Crippen LogP contribution in [0.5, 0.6) is 0 Å². The summed E-state index contributed by atoms with van der Waals surface area (Å²) in [5, 5.41) is 8.68. The number of fused-ring (bicyclic) bond motifs is 1. The standard InChI is InChI=1S/C31H49N5O5/c1-27(2,3)22(34-26(41)35-28(4,5)6)25(40)36-16-31-18(15-29(31,7)30(31)12-9-13-30)20(36)24(39)33-19(21(37)23(32)38)14-17-10-8-11-17/h17-20,22H,8-16H2,1-7H3,(H2,32,38)(H,33,39)(H2,34,35,41)/t18-,19?,20+,22-,29?,31+/m1/s1. The lowest BCUT2D eigenvalue weighted by atomic mass is 9.65. The fourth-order valence-electron chi connectivity index (χ4n) is 9.22. The van der Waals surface area contributed by atoms with Crippen molar-refractivity contribution in [1.82, 2.24) is 20.9 Å². The second-order valence-electron chi connectivity index (χ2n) is 15.9. The van der Waals surface area contributed by atoms with Crippen LogP contribution in [0.1, 0.15) is 99.8 Å². The predicted octanol–water partition coefficient (Wildman–Crippen LogP) is 2.64. The van der Waals surface area contributed by atoms with Crippen molar-refractivity contribution in [2.45, 2.75) is 123 Å². The number of amides is 5. The van der Waals surface area contributed by atoms with Gasteiger partial charge in [-0.05, 0) is 74.5 Å². The zero-order chi connectivity index (χ0) is 30.3. The van der Waals surface area contributed by atoms with Gasteiger partial charge in [-0.2, -0.15) is 0 Å². The van der Waals surface area contributed by atoms with Gasteiger partial charge in [0.15, 0.2) is 0 Å². The van der Waals surface area contributed by atoms with E-state index in [1.807, 2.05) is 41.5 Å². The smallest absolute Gasteiger partial charge is 0.315 e. The molecular weight excluding hydrogens is 522 g/mol. The van der Waals surface area contributed by atoms with Crippen molar-refractivity contribution in [2.24, 2.45) is 39.2 Å². The molecule has 0 radical (unpaired) electrons. The molecule has 41 heavy (non-hydrogen) atoms. The molecule has 1 aliphatic heterocycles. The third-order valence-electron chi connectivity index (χ3n) is 11.5. The molecule has 0 bridgehead atoms. The predicted molar refractivity (Wildman–Crippen MR) is 153 cm³/mol. The van der Waals surface area contributed by atoms with Gasteiger partial charge >= 0.3 is 6.03 Å². The first kappa shape index (κ1) is 29.8. The van der Waals surface area contributed by atoms with Crippen molar-refractivity contribution < 1.29 is 24.0 Å². The average Bonchev–Trinajstić information content (AvgIpc) is 2.97. The Bertz CT molecular complexity index is 1160. The maximum absolute atomic E-state index is 14.4. The molecular formula is C31H49N5O5. The summed E-state index contributed by atoms with van der Waals surface area (Å²) in [6, 6.07) is -3.06. The molecule has 2 spiro atoms. The Kier molecular flexibility index (Phi) is 6.86. The van der Waals surface area contributed by atoms with Gasteiger partial charge in [0.25, 0.3) is 5.91 Å². The summed E-state index contributed by atoms with van der Waals surface area (Å²) in [6.07, 6.45) is 7.57. The normalized spacial score (nSPS) is 32.7. The molecule has 6 atom stereocenters. The van der Waals surface area contributed by atoms with Crippen molar-refractivity contribution in [3.63, 3.8) is 0 Å². The van der Waals surface area contributed by atoms with Crippen LogP contribution in [0.3, 0.4) is 0 Å². The van der Waals surface area contributed by atoms with Crippen LogP contribution in [-0.4, -0.2) is 64.6 Å². The highest BCUT2D eigenvalue weighted by atomic mass is 16.2. The minimum Gasteiger partial charge on any atom is -0.363 e. The molecule has 5 N–H and O–H groups in total. The van der Waals surface area contributed by atoms with E-state index in [4.69, 9.17) is 5.73 Å². The molecule has 5 aliphatic rings. The van der Waals surface area contributed by atoms with E-state index in [0.29, 0.717) is 13.0 Å². The van der Waals surface area contributed by atoms with Crippen LogP contribution >= 0.6 is 0 Å². The number of Topliss-reactive ketones (excluding diaryl/α,β-unsaturated/α-hetero) is 1. The molecule has 10 nitrogen and oxygen atoms in total. The number of nitrogens with one attached hydrogen (secondary N) is 3. The summed E-state index contributed by atoms with van der Waals surface area (Å²) in [5.41, 5.74) is 4.39. The van der Waals surface area contributed by atoms with Crippen molar-refractivity contribution in [3.8, 4) is 0 Å². The van der Waals surface area contributed by atoms with Crippen molar-refractivity contribution >= 4 is 29.5 Å². The van der Waals surface area contributed by atoms with Crippen LogP contribution in [0.2, 0.25) is 0 Å². The van der Waals surface area contributed by atoms with Crippen LogP contribution in [0.15, 0.2) is 0 Å². The molecule has 228 valence electrons. The molecule has 0 aromatic heterocycles. The molecule has 1 heterocycles. The van der Waals surface area contributed by atoms with E-state index in [1.165, 1.54) is 0 Å². The topological polar surface area (TPSA) is 151 Å². The minimum atomic E-state index is -1.06. The molecule has 0 aromatic carbocycles. The quantitative estimate of drug-likeness (QED) is 0.330. The minimum absolute atomic E-state index is 0.0196. The first-order valence-corrected chi connectivity index (χ1v) is 15.4.